The van der Waals surface area contributed by atoms with E-state index >= 15 is 0 Å². The van der Waals surface area contributed by atoms with Crippen LogP contribution >= 0.6 is 0 Å². The second kappa shape index (κ2) is 5.08. The molecule has 6 nitrogen and oxygen atoms in total. The van der Waals surface area contributed by atoms with Crippen molar-refractivity contribution < 1.29 is 28.2 Å². The molecule has 1 aliphatic heterocycles. The van der Waals surface area contributed by atoms with Gasteiger partial charge in [0.25, 0.3) is 0 Å². The summed E-state index contributed by atoms with van der Waals surface area (Å²) in [5, 5.41) is 8.49. The molecular formula is C15H11F2NO5. The summed E-state index contributed by atoms with van der Waals surface area (Å²) in [7, 11) is 0. The van der Waals surface area contributed by atoms with E-state index in [2.05, 4.69) is 4.74 Å². The first kappa shape index (κ1) is 15.0. The average Bonchev–Trinajstić information content (AvgIpc) is 2.47. The molecule has 0 spiro atoms. The van der Waals surface area contributed by atoms with Crippen LogP contribution in [0.2, 0.25) is 0 Å². The van der Waals surface area contributed by atoms with Crippen molar-refractivity contribution in [2.24, 2.45) is 5.92 Å². The number of carbonyl (C=O) groups is 1. The molecule has 120 valence electrons. The summed E-state index contributed by atoms with van der Waals surface area (Å²) in [6.07, 6.45) is 0.678. The molecule has 1 aromatic carbocycles. The fraction of sp³-hybridized carbons (Fsp3) is 0.200. The summed E-state index contributed by atoms with van der Waals surface area (Å²) in [4.78, 5) is 23.0. The molecule has 0 amide bonds. The van der Waals surface area contributed by atoms with Crippen molar-refractivity contribution >= 4 is 22.8 Å². The number of allylic oxidation sites excluding steroid dienone is 1. The minimum Gasteiger partial charge on any atom is -0.458 e. The van der Waals surface area contributed by atoms with Crippen LogP contribution in [0.15, 0.2) is 23.3 Å². The molecule has 3 rings (SSSR count). The summed E-state index contributed by atoms with van der Waals surface area (Å²) in [5.74, 6) is -3.53. The van der Waals surface area contributed by atoms with Gasteiger partial charge in [0.2, 0.25) is 11.2 Å². The smallest absolute Gasteiger partial charge is 0.458 e. The first-order valence-electron chi connectivity index (χ1n) is 6.66. The molecule has 2 heterocycles. The first-order chi connectivity index (χ1) is 10.8. The molecule has 0 unspecified atom stereocenters. The highest BCUT2D eigenvalue weighted by Gasteiger charge is 2.26. The van der Waals surface area contributed by atoms with Gasteiger partial charge in [-0.25, -0.2) is 9.18 Å². The zero-order valence-electron chi connectivity index (χ0n) is 12.1. The van der Waals surface area contributed by atoms with Crippen molar-refractivity contribution in [2.75, 3.05) is 0 Å². The van der Waals surface area contributed by atoms with Gasteiger partial charge in [0.1, 0.15) is 11.8 Å². The van der Waals surface area contributed by atoms with Crippen LogP contribution in [0.5, 0.6) is 11.5 Å². The molecule has 0 atom stereocenters. The molecule has 0 saturated carbocycles. The van der Waals surface area contributed by atoms with Crippen molar-refractivity contribution in [3.05, 3.63) is 40.4 Å². The zero-order valence-corrected chi connectivity index (χ0v) is 12.1. The van der Waals surface area contributed by atoms with E-state index in [0.29, 0.717) is 11.8 Å². The minimum atomic E-state index is -1.68. The Balaban J connectivity index is 2.45. The molecule has 0 saturated heterocycles. The van der Waals surface area contributed by atoms with Gasteiger partial charge in [0.15, 0.2) is 17.3 Å². The summed E-state index contributed by atoms with van der Waals surface area (Å²) in [6, 6.07) is 0.703. The number of hydrogen-bond acceptors (Lipinski definition) is 4. The Hall–Kier alpha value is -2.90. The van der Waals surface area contributed by atoms with Crippen molar-refractivity contribution in [3.8, 4) is 11.5 Å². The van der Waals surface area contributed by atoms with Gasteiger partial charge in [0.05, 0.1) is 17.3 Å². The lowest BCUT2D eigenvalue weighted by Gasteiger charge is -2.24. The lowest BCUT2D eigenvalue weighted by atomic mass is 10.1. The standard InChI is InChI=1S/C15H11F2NO5/c1-6(2)9-5-22-14-11(17)8(16)3-7-12(14)18(9)4-10(13(7)19)23-15(20)21/h3-6H,1-2H3,(H,20,21). The average molecular weight is 323 g/mol. The fourth-order valence-electron chi connectivity index (χ4n) is 2.45. The predicted octanol–water partition coefficient (Wildman–Crippen LogP) is 3.18. The molecule has 0 aliphatic carbocycles. The SMILES string of the molecule is CC(C)C1=COc2c(F)c(F)cc3c(=O)c(OC(=O)O)cn1c23. The van der Waals surface area contributed by atoms with E-state index in [1.165, 1.54) is 10.8 Å². The molecule has 0 radical (unpaired) electrons. The molecule has 1 aromatic heterocycles. The molecule has 2 aromatic rings. The largest absolute Gasteiger partial charge is 0.511 e. The Labute approximate surface area is 128 Å². The van der Waals surface area contributed by atoms with E-state index < -0.39 is 34.7 Å². The van der Waals surface area contributed by atoms with Crippen molar-refractivity contribution in [2.45, 2.75) is 13.8 Å². The second-order valence-corrected chi connectivity index (χ2v) is 5.27. The lowest BCUT2D eigenvalue weighted by molar-refractivity contribution is 0.144. The van der Waals surface area contributed by atoms with Crippen molar-refractivity contribution in [1.29, 1.82) is 0 Å². The van der Waals surface area contributed by atoms with Gasteiger partial charge in [-0.05, 0) is 12.0 Å². The van der Waals surface area contributed by atoms with Gasteiger partial charge >= 0.3 is 6.16 Å². The van der Waals surface area contributed by atoms with Crippen LogP contribution in [0, 0.1) is 17.6 Å². The van der Waals surface area contributed by atoms with Crippen LogP contribution in [0.4, 0.5) is 13.6 Å². The number of pyridine rings is 1. The Morgan fingerprint density at radius 2 is 2.09 bits per heavy atom. The van der Waals surface area contributed by atoms with Crippen LogP contribution in [0.25, 0.3) is 16.6 Å². The molecule has 0 fully saturated rings. The van der Waals surface area contributed by atoms with E-state index in [1.807, 2.05) is 13.8 Å². The number of aromatic nitrogens is 1. The fourth-order valence-corrected chi connectivity index (χ4v) is 2.45. The monoisotopic (exact) mass is 323 g/mol. The third-order valence-corrected chi connectivity index (χ3v) is 3.47. The maximum atomic E-state index is 13.9. The van der Waals surface area contributed by atoms with E-state index in [1.54, 1.807) is 0 Å². The number of ether oxygens (including phenoxy) is 2. The lowest BCUT2D eigenvalue weighted by Crippen LogP contribution is -2.20. The second-order valence-electron chi connectivity index (χ2n) is 5.27. The quantitative estimate of drug-likeness (QED) is 0.859. The van der Waals surface area contributed by atoms with Gasteiger partial charge < -0.3 is 19.1 Å². The third kappa shape index (κ3) is 2.23. The van der Waals surface area contributed by atoms with E-state index in [4.69, 9.17) is 9.84 Å². The van der Waals surface area contributed by atoms with Gasteiger partial charge in [-0.2, -0.15) is 4.39 Å². The highest BCUT2D eigenvalue weighted by atomic mass is 19.2. The minimum absolute atomic E-state index is 0.0258. The van der Waals surface area contributed by atoms with Crippen molar-refractivity contribution in [3.63, 3.8) is 0 Å². The van der Waals surface area contributed by atoms with Crippen LogP contribution in [0.1, 0.15) is 13.8 Å². The topological polar surface area (TPSA) is 77.8 Å². The number of rotatable bonds is 2. The molecular weight excluding hydrogens is 312 g/mol. The first-order valence-corrected chi connectivity index (χ1v) is 6.66. The summed E-state index contributed by atoms with van der Waals surface area (Å²) in [6.45, 7) is 3.64. The Morgan fingerprint density at radius 1 is 1.39 bits per heavy atom. The normalized spacial score (nSPS) is 13.0. The van der Waals surface area contributed by atoms with Gasteiger partial charge in [-0.3, -0.25) is 4.79 Å². The van der Waals surface area contributed by atoms with Crippen LogP contribution in [-0.4, -0.2) is 15.8 Å². The molecule has 0 bridgehead atoms. The summed E-state index contributed by atoms with van der Waals surface area (Å²) >= 11 is 0. The zero-order chi connectivity index (χ0) is 16.9. The Bertz CT molecular complexity index is 930. The Morgan fingerprint density at radius 3 is 2.70 bits per heavy atom. The summed E-state index contributed by atoms with van der Waals surface area (Å²) in [5.41, 5.74) is -0.311. The highest BCUT2D eigenvalue weighted by molar-refractivity contribution is 5.90. The maximum Gasteiger partial charge on any atom is 0.511 e. The molecule has 8 heteroatoms. The van der Waals surface area contributed by atoms with Crippen LogP contribution < -0.4 is 14.9 Å². The van der Waals surface area contributed by atoms with Crippen molar-refractivity contribution in [1.82, 2.24) is 4.57 Å². The number of nitrogens with zero attached hydrogens (tertiary/aromatic N) is 1. The van der Waals surface area contributed by atoms with Gasteiger partial charge in [0, 0.05) is 0 Å². The number of halogens is 2. The number of benzene rings is 1. The van der Waals surface area contributed by atoms with Crippen LogP contribution in [0.3, 0.4) is 0 Å². The Kier molecular flexibility index (Phi) is 3.32. The van der Waals surface area contributed by atoms with E-state index in [0.717, 1.165) is 6.20 Å². The van der Waals surface area contributed by atoms with Gasteiger partial charge in [-0.1, -0.05) is 13.8 Å². The number of hydrogen-bond donors (Lipinski definition) is 1. The molecule has 23 heavy (non-hydrogen) atoms. The van der Waals surface area contributed by atoms with E-state index in [9.17, 15) is 18.4 Å². The van der Waals surface area contributed by atoms with E-state index in [-0.39, 0.29) is 16.8 Å². The highest BCUT2D eigenvalue weighted by Crippen LogP contribution is 2.37. The predicted molar refractivity (Wildman–Crippen MR) is 76.5 cm³/mol. The third-order valence-electron chi connectivity index (χ3n) is 3.47. The molecule has 1 aliphatic rings. The summed E-state index contributed by atoms with van der Waals surface area (Å²) < 4.78 is 38.6. The molecule has 1 N–H and O–H groups in total. The van der Waals surface area contributed by atoms with Gasteiger partial charge in [-0.15, -0.1) is 0 Å². The van der Waals surface area contributed by atoms with Crippen LogP contribution in [-0.2, 0) is 0 Å². The number of carboxylic acid groups (broad SMARTS) is 1. The maximum absolute atomic E-state index is 13.9.